The number of amides is 1. The van der Waals surface area contributed by atoms with Crippen LogP contribution < -0.4 is 15.4 Å². The van der Waals surface area contributed by atoms with Crippen LogP contribution in [0.5, 0.6) is 5.75 Å². The maximum atomic E-state index is 13.0. The normalized spacial score (nSPS) is 16.6. The van der Waals surface area contributed by atoms with Crippen LogP contribution >= 0.6 is 0 Å². The second kappa shape index (κ2) is 6.57. The summed E-state index contributed by atoms with van der Waals surface area (Å²) in [5.41, 5.74) is 6.59. The molecule has 5 nitrogen and oxygen atoms in total. The summed E-state index contributed by atoms with van der Waals surface area (Å²) in [4.78, 5) is 17.0. The number of fused-ring (bicyclic) bond motifs is 1. The van der Waals surface area contributed by atoms with Gasteiger partial charge in [-0.1, -0.05) is 13.8 Å². The summed E-state index contributed by atoms with van der Waals surface area (Å²) in [6, 6.07) is 5.52. The Labute approximate surface area is 133 Å². The van der Waals surface area contributed by atoms with Gasteiger partial charge in [0.05, 0.1) is 5.69 Å². The van der Waals surface area contributed by atoms with E-state index >= 15 is 0 Å². The monoisotopic (exact) mass is 305 g/mol. The first-order valence-electron chi connectivity index (χ1n) is 7.98. The summed E-state index contributed by atoms with van der Waals surface area (Å²) in [5.74, 6) is 0.803. The van der Waals surface area contributed by atoms with Gasteiger partial charge in [0, 0.05) is 12.2 Å². The molecule has 1 aromatic rings. The number of nitrogens with two attached hydrogens (primary N) is 1. The van der Waals surface area contributed by atoms with Gasteiger partial charge in [-0.05, 0) is 58.1 Å². The number of nitrogen functional groups attached to an aromatic ring is 1. The number of rotatable bonds is 6. The Bertz CT molecular complexity index is 539. The summed E-state index contributed by atoms with van der Waals surface area (Å²) < 4.78 is 6.09. The Balaban J connectivity index is 2.35. The number of hydrogen-bond donors (Lipinski definition) is 1. The van der Waals surface area contributed by atoms with Crippen LogP contribution in [0, 0.1) is 0 Å². The molecule has 122 valence electrons. The molecular formula is C17H27N3O2. The van der Waals surface area contributed by atoms with Crippen molar-refractivity contribution in [1.29, 1.82) is 0 Å². The van der Waals surface area contributed by atoms with Crippen LogP contribution in [0.3, 0.4) is 0 Å². The van der Waals surface area contributed by atoms with Crippen LogP contribution in [0.1, 0.15) is 33.1 Å². The molecule has 22 heavy (non-hydrogen) atoms. The van der Waals surface area contributed by atoms with Gasteiger partial charge < -0.3 is 20.3 Å². The summed E-state index contributed by atoms with van der Waals surface area (Å²) in [5, 5.41) is 0. The van der Waals surface area contributed by atoms with E-state index in [0.29, 0.717) is 25.1 Å². The number of nitrogens with zero attached hydrogens (tertiary/aromatic N) is 2. The van der Waals surface area contributed by atoms with Gasteiger partial charge in [-0.3, -0.25) is 4.79 Å². The number of benzene rings is 1. The molecule has 1 aliphatic heterocycles. The summed E-state index contributed by atoms with van der Waals surface area (Å²) in [7, 11) is 4.07. The lowest BCUT2D eigenvalue weighted by molar-refractivity contribution is -0.136. The lowest BCUT2D eigenvalue weighted by Gasteiger charge is -2.42. The van der Waals surface area contributed by atoms with E-state index < -0.39 is 5.60 Å². The smallest absolute Gasteiger partial charge is 0.271 e. The molecule has 0 spiro atoms. The maximum Gasteiger partial charge on any atom is 0.271 e. The van der Waals surface area contributed by atoms with Crippen molar-refractivity contribution < 1.29 is 9.53 Å². The zero-order chi connectivity index (χ0) is 16.3. The summed E-state index contributed by atoms with van der Waals surface area (Å²) in [6.45, 7) is 5.62. The lowest BCUT2D eigenvalue weighted by atomic mass is 9.92. The molecule has 0 unspecified atom stereocenters. The molecule has 1 aromatic carbocycles. The maximum absolute atomic E-state index is 13.0. The predicted molar refractivity (Wildman–Crippen MR) is 90.3 cm³/mol. The molecular weight excluding hydrogens is 278 g/mol. The van der Waals surface area contributed by atoms with Crippen molar-refractivity contribution in [3.05, 3.63) is 18.2 Å². The van der Waals surface area contributed by atoms with Crippen molar-refractivity contribution in [2.75, 3.05) is 37.8 Å². The van der Waals surface area contributed by atoms with E-state index in [2.05, 4.69) is 4.90 Å². The van der Waals surface area contributed by atoms with Gasteiger partial charge in [0.15, 0.2) is 5.60 Å². The fourth-order valence-corrected chi connectivity index (χ4v) is 2.90. The standard InChI is InChI=1S/C17H27N3O2/c1-5-17(6-2)16(21)20(11-7-10-19(3)4)14-12-13(18)8-9-15(14)22-17/h8-9,12H,5-7,10-11,18H2,1-4H3. The largest absolute Gasteiger partial charge is 0.475 e. The van der Waals surface area contributed by atoms with Crippen LogP contribution in [-0.4, -0.2) is 43.6 Å². The van der Waals surface area contributed by atoms with E-state index in [9.17, 15) is 4.79 Å². The molecule has 0 radical (unpaired) electrons. The summed E-state index contributed by atoms with van der Waals surface area (Å²) >= 11 is 0. The van der Waals surface area contributed by atoms with Crippen molar-refractivity contribution >= 4 is 17.3 Å². The quantitative estimate of drug-likeness (QED) is 0.820. The third-order valence-electron chi connectivity index (χ3n) is 4.34. The molecule has 0 aromatic heterocycles. The number of anilines is 2. The van der Waals surface area contributed by atoms with Gasteiger partial charge in [0.1, 0.15) is 5.75 Å². The fourth-order valence-electron chi connectivity index (χ4n) is 2.90. The van der Waals surface area contributed by atoms with E-state index in [0.717, 1.165) is 24.4 Å². The number of ether oxygens (including phenoxy) is 1. The third-order valence-corrected chi connectivity index (χ3v) is 4.34. The molecule has 0 bridgehead atoms. The minimum Gasteiger partial charge on any atom is -0.475 e. The average Bonchev–Trinajstić information content (AvgIpc) is 2.49. The van der Waals surface area contributed by atoms with Crippen LogP contribution in [0.4, 0.5) is 11.4 Å². The van der Waals surface area contributed by atoms with Crippen LogP contribution in [0.25, 0.3) is 0 Å². The average molecular weight is 305 g/mol. The van der Waals surface area contributed by atoms with Crippen LogP contribution in [-0.2, 0) is 4.79 Å². The highest BCUT2D eigenvalue weighted by Crippen LogP contribution is 2.41. The minimum atomic E-state index is -0.749. The van der Waals surface area contributed by atoms with E-state index in [1.807, 2.05) is 51.0 Å². The predicted octanol–water partition coefficient (Wildman–Crippen LogP) is 2.50. The number of carbonyl (C=O) groups is 1. The SMILES string of the molecule is CCC1(CC)Oc2ccc(N)cc2N(CCCN(C)C)C1=O. The number of hydrogen-bond acceptors (Lipinski definition) is 4. The minimum absolute atomic E-state index is 0.0503. The Morgan fingerprint density at radius 2 is 1.95 bits per heavy atom. The highest BCUT2D eigenvalue weighted by Gasteiger charge is 2.45. The topological polar surface area (TPSA) is 58.8 Å². The lowest BCUT2D eigenvalue weighted by Crippen LogP contribution is -2.56. The molecule has 0 saturated heterocycles. The fraction of sp³-hybridized carbons (Fsp3) is 0.588. The number of carbonyl (C=O) groups excluding carboxylic acids is 1. The molecule has 0 aliphatic carbocycles. The van der Waals surface area contributed by atoms with Crippen molar-refractivity contribution in [2.45, 2.75) is 38.7 Å². The van der Waals surface area contributed by atoms with Crippen molar-refractivity contribution in [2.24, 2.45) is 0 Å². The second-order valence-electron chi connectivity index (χ2n) is 6.14. The van der Waals surface area contributed by atoms with E-state index in [1.165, 1.54) is 0 Å². The van der Waals surface area contributed by atoms with E-state index in [-0.39, 0.29) is 5.91 Å². The van der Waals surface area contributed by atoms with Gasteiger partial charge in [-0.2, -0.15) is 0 Å². The first-order valence-corrected chi connectivity index (χ1v) is 7.98. The molecule has 2 N–H and O–H groups in total. The van der Waals surface area contributed by atoms with Gasteiger partial charge in [0.25, 0.3) is 5.91 Å². The van der Waals surface area contributed by atoms with Gasteiger partial charge in [-0.15, -0.1) is 0 Å². The van der Waals surface area contributed by atoms with Crippen molar-refractivity contribution in [3.63, 3.8) is 0 Å². The second-order valence-corrected chi connectivity index (χ2v) is 6.14. The molecule has 0 saturated carbocycles. The van der Waals surface area contributed by atoms with Gasteiger partial charge in [-0.25, -0.2) is 0 Å². The summed E-state index contributed by atoms with van der Waals surface area (Å²) in [6.07, 6.45) is 2.24. The highest BCUT2D eigenvalue weighted by atomic mass is 16.5. The Hall–Kier alpha value is -1.75. The van der Waals surface area contributed by atoms with Gasteiger partial charge >= 0.3 is 0 Å². The van der Waals surface area contributed by atoms with E-state index in [1.54, 1.807) is 0 Å². The third kappa shape index (κ3) is 3.04. The van der Waals surface area contributed by atoms with Crippen molar-refractivity contribution in [1.82, 2.24) is 4.90 Å². The van der Waals surface area contributed by atoms with Crippen LogP contribution in [0.2, 0.25) is 0 Å². The van der Waals surface area contributed by atoms with Crippen molar-refractivity contribution in [3.8, 4) is 5.75 Å². The molecule has 0 fully saturated rings. The Morgan fingerprint density at radius 1 is 1.27 bits per heavy atom. The molecule has 5 heteroatoms. The molecule has 1 heterocycles. The molecule has 1 amide bonds. The first-order chi connectivity index (χ1) is 10.4. The highest BCUT2D eigenvalue weighted by molar-refractivity contribution is 6.03. The van der Waals surface area contributed by atoms with Gasteiger partial charge in [0.2, 0.25) is 0 Å². The first kappa shape index (κ1) is 16.6. The molecule has 2 rings (SSSR count). The molecule has 0 atom stereocenters. The Morgan fingerprint density at radius 3 is 2.55 bits per heavy atom. The Kier molecular flexibility index (Phi) is 4.96. The zero-order valence-corrected chi connectivity index (χ0v) is 14.1. The van der Waals surface area contributed by atoms with E-state index in [4.69, 9.17) is 10.5 Å². The zero-order valence-electron chi connectivity index (χ0n) is 14.1. The molecule has 1 aliphatic rings. The van der Waals surface area contributed by atoms with Crippen LogP contribution in [0.15, 0.2) is 18.2 Å².